The average Bonchev–Trinajstić information content (AvgIpc) is 2.48. The van der Waals surface area contributed by atoms with Gasteiger partial charge >= 0.3 is 0 Å². The van der Waals surface area contributed by atoms with Crippen molar-refractivity contribution in [1.82, 2.24) is 4.90 Å². The summed E-state index contributed by atoms with van der Waals surface area (Å²) >= 11 is 0. The summed E-state index contributed by atoms with van der Waals surface area (Å²) in [6.45, 7) is 0. The standard InChI is InChI=1S/C16H20N2O3/c1-18(2)16(21)14-6-4-3-5-13(14)15(20)17-11-7-9-12(19)10-8-11/h3-4,7-10,13-14,19H,5-6H2,1-2H3,(H,17,20). The Labute approximate surface area is 124 Å². The summed E-state index contributed by atoms with van der Waals surface area (Å²) in [5.74, 6) is -0.717. The van der Waals surface area contributed by atoms with E-state index in [1.165, 1.54) is 17.0 Å². The average molecular weight is 288 g/mol. The first-order valence-electron chi connectivity index (χ1n) is 6.95. The molecule has 2 unspecified atom stereocenters. The van der Waals surface area contributed by atoms with E-state index in [4.69, 9.17) is 0 Å². The fourth-order valence-electron chi connectivity index (χ4n) is 2.49. The van der Waals surface area contributed by atoms with Crippen LogP contribution >= 0.6 is 0 Å². The Morgan fingerprint density at radius 2 is 1.67 bits per heavy atom. The van der Waals surface area contributed by atoms with Gasteiger partial charge in [-0.15, -0.1) is 0 Å². The van der Waals surface area contributed by atoms with Crippen molar-refractivity contribution < 1.29 is 14.7 Å². The van der Waals surface area contributed by atoms with Crippen molar-refractivity contribution in [2.45, 2.75) is 12.8 Å². The van der Waals surface area contributed by atoms with Gasteiger partial charge in [0.15, 0.2) is 0 Å². The molecule has 2 rings (SSSR count). The first-order chi connectivity index (χ1) is 9.99. The van der Waals surface area contributed by atoms with Gasteiger partial charge in [0.25, 0.3) is 0 Å². The number of carbonyl (C=O) groups excluding carboxylic acids is 2. The third kappa shape index (κ3) is 3.62. The Kier molecular flexibility index (Phi) is 4.62. The molecule has 1 aliphatic carbocycles. The van der Waals surface area contributed by atoms with Crippen LogP contribution in [-0.4, -0.2) is 35.9 Å². The van der Waals surface area contributed by atoms with Gasteiger partial charge in [0.2, 0.25) is 11.8 Å². The molecule has 0 saturated heterocycles. The molecule has 2 amide bonds. The van der Waals surface area contributed by atoms with Crippen LogP contribution in [0.5, 0.6) is 5.75 Å². The van der Waals surface area contributed by atoms with Crippen molar-refractivity contribution in [3.8, 4) is 5.75 Å². The summed E-state index contributed by atoms with van der Waals surface area (Å²) in [6.07, 6.45) is 5.05. The lowest BCUT2D eigenvalue weighted by molar-refractivity contribution is -0.138. The largest absolute Gasteiger partial charge is 0.508 e. The Balaban J connectivity index is 2.10. The smallest absolute Gasteiger partial charge is 0.228 e. The van der Waals surface area contributed by atoms with E-state index in [1.807, 2.05) is 12.2 Å². The SMILES string of the molecule is CN(C)C(=O)C1CC=CCC1C(=O)Nc1ccc(O)cc1. The molecular formula is C16H20N2O3. The molecule has 0 bridgehead atoms. The third-order valence-corrected chi connectivity index (χ3v) is 3.66. The monoisotopic (exact) mass is 288 g/mol. The van der Waals surface area contributed by atoms with Crippen molar-refractivity contribution in [3.63, 3.8) is 0 Å². The molecule has 5 heteroatoms. The Hall–Kier alpha value is -2.30. The van der Waals surface area contributed by atoms with Crippen molar-refractivity contribution in [2.75, 3.05) is 19.4 Å². The molecule has 5 nitrogen and oxygen atoms in total. The minimum absolute atomic E-state index is 0.0230. The van der Waals surface area contributed by atoms with Crippen molar-refractivity contribution in [2.24, 2.45) is 11.8 Å². The number of hydrogen-bond donors (Lipinski definition) is 2. The van der Waals surface area contributed by atoms with E-state index in [0.717, 1.165) is 0 Å². The molecule has 2 atom stereocenters. The van der Waals surface area contributed by atoms with Gasteiger partial charge in [-0.2, -0.15) is 0 Å². The second-order valence-corrected chi connectivity index (χ2v) is 5.42. The van der Waals surface area contributed by atoms with Crippen LogP contribution in [0.1, 0.15) is 12.8 Å². The van der Waals surface area contributed by atoms with Crippen LogP contribution in [0.25, 0.3) is 0 Å². The number of nitrogens with one attached hydrogen (secondary N) is 1. The minimum Gasteiger partial charge on any atom is -0.508 e. The highest BCUT2D eigenvalue weighted by atomic mass is 16.3. The number of carbonyl (C=O) groups is 2. The summed E-state index contributed by atoms with van der Waals surface area (Å²) in [4.78, 5) is 26.1. The van der Waals surface area contributed by atoms with Crippen molar-refractivity contribution in [3.05, 3.63) is 36.4 Å². The molecule has 21 heavy (non-hydrogen) atoms. The highest BCUT2D eigenvalue weighted by Gasteiger charge is 2.34. The molecule has 0 aromatic heterocycles. The van der Waals surface area contributed by atoms with Crippen LogP contribution in [0, 0.1) is 11.8 Å². The van der Waals surface area contributed by atoms with E-state index in [2.05, 4.69) is 5.32 Å². The van der Waals surface area contributed by atoms with E-state index in [0.29, 0.717) is 18.5 Å². The van der Waals surface area contributed by atoms with Crippen LogP contribution in [0.4, 0.5) is 5.69 Å². The van der Waals surface area contributed by atoms with E-state index in [-0.39, 0.29) is 29.4 Å². The van der Waals surface area contributed by atoms with Crippen LogP contribution in [-0.2, 0) is 9.59 Å². The Morgan fingerprint density at radius 3 is 2.24 bits per heavy atom. The lowest BCUT2D eigenvalue weighted by Gasteiger charge is -2.28. The number of nitrogens with zero attached hydrogens (tertiary/aromatic N) is 1. The zero-order chi connectivity index (χ0) is 15.4. The molecular weight excluding hydrogens is 268 g/mol. The van der Waals surface area contributed by atoms with Crippen molar-refractivity contribution >= 4 is 17.5 Å². The zero-order valence-electron chi connectivity index (χ0n) is 12.2. The van der Waals surface area contributed by atoms with Crippen molar-refractivity contribution in [1.29, 1.82) is 0 Å². The number of hydrogen-bond acceptors (Lipinski definition) is 3. The number of allylic oxidation sites excluding steroid dienone is 2. The maximum atomic E-state index is 12.4. The fourth-order valence-corrected chi connectivity index (χ4v) is 2.49. The number of phenols is 1. The maximum Gasteiger partial charge on any atom is 0.228 e. The lowest BCUT2D eigenvalue weighted by Crippen LogP contribution is -2.40. The fraction of sp³-hybridized carbons (Fsp3) is 0.375. The molecule has 0 fully saturated rings. The second-order valence-electron chi connectivity index (χ2n) is 5.42. The highest BCUT2D eigenvalue weighted by Crippen LogP contribution is 2.28. The summed E-state index contributed by atoms with van der Waals surface area (Å²) in [6, 6.07) is 6.29. The van der Waals surface area contributed by atoms with Crippen LogP contribution in [0.15, 0.2) is 36.4 Å². The highest BCUT2D eigenvalue weighted by molar-refractivity contribution is 5.96. The summed E-state index contributed by atoms with van der Waals surface area (Å²) in [7, 11) is 3.41. The predicted octanol–water partition coefficient (Wildman–Crippen LogP) is 2.00. The van der Waals surface area contributed by atoms with E-state index < -0.39 is 0 Å². The lowest BCUT2D eigenvalue weighted by atomic mass is 9.81. The van der Waals surface area contributed by atoms with Gasteiger partial charge in [-0.1, -0.05) is 12.2 Å². The summed E-state index contributed by atoms with van der Waals surface area (Å²) in [5.41, 5.74) is 0.614. The summed E-state index contributed by atoms with van der Waals surface area (Å²) in [5, 5.41) is 12.1. The van der Waals surface area contributed by atoms with Gasteiger partial charge in [-0.3, -0.25) is 9.59 Å². The molecule has 0 radical (unpaired) electrons. The number of phenolic OH excluding ortho intramolecular Hbond substituents is 1. The van der Waals surface area contributed by atoms with Gasteiger partial charge in [0.05, 0.1) is 11.8 Å². The van der Waals surface area contributed by atoms with Crippen LogP contribution in [0.2, 0.25) is 0 Å². The Bertz CT molecular complexity index is 549. The molecule has 0 saturated carbocycles. The maximum absolute atomic E-state index is 12.4. The molecule has 0 heterocycles. The molecule has 1 aliphatic rings. The first-order valence-corrected chi connectivity index (χ1v) is 6.95. The van der Waals surface area contributed by atoms with Gasteiger partial charge in [0.1, 0.15) is 5.75 Å². The van der Waals surface area contributed by atoms with E-state index in [1.54, 1.807) is 26.2 Å². The minimum atomic E-state index is -0.362. The van der Waals surface area contributed by atoms with Gasteiger partial charge in [0, 0.05) is 19.8 Å². The third-order valence-electron chi connectivity index (χ3n) is 3.66. The zero-order valence-corrected chi connectivity index (χ0v) is 12.2. The predicted molar refractivity (Wildman–Crippen MR) is 80.8 cm³/mol. The molecule has 0 spiro atoms. The quantitative estimate of drug-likeness (QED) is 0.660. The molecule has 112 valence electrons. The van der Waals surface area contributed by atoms with Gasteiger partial charge in [-0.25, -0.2) is 0 Å². The molecule has 1 aromatic rings. The van der Waals surface area contributed by atoms with Crippen LogP contribution in [0.3, 0.4) is 0 Å². The number of rotatable bonds is 3. The number of aromatic hydroxyl groups is 1. The van der Waals surface area contributed by atoms with Crippen LogP contribution < -0.4 is 5.32 Å². The van der Waals surface area contributed by atoms with E-state index in [9.17, 15) is 14.7 Å². The molecule has 0 aliphatic heterocycles. The van der Waals surface area contributed by atoms with Gasteiger partial charge < -0.3 is 15.3 Å². The van der Waals surface area contributed by atoms with E-state index >= 15 is 0 Å². The number of amides is 2. The first kappa shape index (κ1) is 15.1. The topological polar surface area (TPSA) is 69.6 Å². The second kappa shape index (κ2) is 6.43. The number of benzene rings is 1. The van der Waals surface area contributed by atoms with Gasteiger partial charge in [-0.05, 0) is 37.1 Å². The number of anilines is 1. The molecule has 2 N–H and O–H groups in total. The summed E-state index contributed by atoms with van der Waals surface area (Å²) < 4.78 is 0. The Morgan fingerprint density at radius 1 is 1.10 bits per heavy atom. The molecule has 1 aromatic carbocycles. The normalized spacial score (nSPS) is 20.9.